The van der Waals surface area contributed by atoms with Crippen molar-refractivity contribution >= 4 is 29.1 Å². The molecule has 0 spiro atoms. The summed E-state index contributed by atoms with van der Waals surface area (Å²) in [4.78, 5) is 24.2. The quantitative estimate of drug-likeness (QED) is 0.608. The van der Waals surface area contributed by atoms with Crippen molar-refractivity contribution < 1.29 is 9.59 Å². The van der Waals surface area contributed by atoms with Crippen molar-refractivity contribution in [2.75, 3.05) is 16.8 Å². The van der Waals surface area contributed by atoms with Gasteiger partial charge in [0.25, 0.3) is 0 Å². The molecule has 0 saturated carbocycles. The number of para-hydroxylation sites is 1. The number of Topliss-reactive ketones (excluding diaryl/α,β-unsaturated/α-hetero) is 1. The molecule has 0 fully saturated rings. The molecule has 4 heteroatoms. The number of nitrogens with one attached hydrogen (secondary N) is 1. The monoisotopic (exact) mass is 361 g/mol. The Balaban J connectivity index is 1.48. The summed E-state index contributed by atoms with van der Waals surface area (Å²) in [6, 6.07) is 26.9. The smallest absolute Gasteiger partial charge is 0.234 e. The Labute approximate surface area is 157 Å². The van der Waals surface area contributed by atoms with Crippen LogP contribution in [-0.4, -0.2) is 23.2 Å². The van der Waals surface area contributed by atoms with Crippen molar-refractivity contribution in [2.24, 2.45) is 0 Å². The standard InChI is InChI=1S/C22H19NO2S/c24-21(15-26-16-22(25)23-20-9-5-2-6-10-20)19-13-11-18(12-14-19)17-7-3-1-4-8-17/h1-14H,15-16H2,(H,23,25). The summed E-state index contributed by atoms with van der Waals surface area (Å²) in [6.45, 7) is 0. The van der Waals surface area contributed by atoms with Gasteiger partial charge in [-0.05, 0) is 23.3 Å². The molecule has 0 bridgehead atoms. The fourth-order valence-corrected chi connectivity index (χ4v) is 3.23. The molecule has 0 aromatic heterocycles. The lowest BCUT2D eigenvalue weighted by Gasteiger charge is -2.06. The van der Waals surface area contributed by atoms with Gasteiger partial charge in [-0.2, -0.15) is 0 Å². The number of carbonyl (C=O) groups excluding carboxylic acids is 2. The highest BCUT2D eigenvalue weighted by atomic mass is 32.2. The zero-order valence-electron chi connectivity index (χ0n) is 14.2. The number of rotatable bonds is 7. The number of thioether (sulfide) groups is 1. The number of amides is 1. The normalized spacial score (nSPS) is 10.3. The molecule has 1 N–H and O–H groups in total. The van der Waals surface area contributed by atoms with Gasteiger partial charge in [0.1, 0.15) is 0 Å². The number of anilines is 1. The van der Waals surface area contributed by atoms with Crippen LogP contribution in [0.25, 0.3) is 11.1 Å². The molecule has 3 nitrogen and oxygen atoms in total. The Hall–Kier alpha value is -2.85. The summed E-state index contributed by atoms with van der Waals surface area (Å²) < 4.78 is 0. The zero-order valence-corrected chi connectivity index (χ0v) is 15.0. The topological polar surface area (TPSA) is 46.2 Å². The average molecular weight is 361 g/mol. The van der Waals surface area contributed by atoms with Crippen molar-refractivity contribution in [1.82, 2.24) is 0 Å². The van der Waals surface area contributed by atoms with E-state index in [1.165, 1.54) is 11.8 Å². The molecule has 26 heavy (non-hydrogen) atoms. The minimum Gasteiger partial charge on any atom is -0.325 e. The van der Waals surface area contributed by atoms with E-state index in [2.05, 4.69) is 5.32 Å². The Morgan fingerprint density at radius 1 is 0.692 bits per heavy atom. The maximum absolute atomic E-state index is 12.3. The van der Waals surface area contributed by atoms with Crippen LogP contribution in [0.4, 0.5) is 5.69 Å². The van der Waals surface area contributed by atoms with Crippen LogP contribution in [0.3, 0.4) is 0 Å². The van der Waals surface area contributed by atoms with E-state index in [1.807, 2.05) is 84.9 Å². The van der Waals surface area contributed by atoms with Gasteiger partial charge < -0.3 is 5.32 Å². The third kappa shape index (κ3) is 5.07. The summed E-state index contributed by atoms with van der Waals surface area (Å²) in [6.07, 6.45) is 0. The largest absolute Gasteiger partial charge is 0.325 e. The first-order valence-electron chi connectivity index (χ1n) is 8.34. The van der Waals surface area contributed by atoms with Crippen LogP contribution < -0.4 is 5.32 Å². The van der Waals surface area contributed by atoms with E-state index >= 15 is 0 Å². The van der Waals surface area contributed by atoms with Gasteiger partial charge in [0.2, 0.25) is 5.91 Å². The summed E-state index contributed by atoms with van der Waals surface area (Å²) in [5.74, 6) is 0.464. The van der Waals surface area contributed by atoms with Crippen molar-refractivity contribution in [2.45, 2.75) is 0 Å². The zero-order chi connectivity index (χ0) is 18.2. The molecule has 3 aromatic carbocycles. The van der Waals surface area contributed by atoms with Crippen LogP contribution in [0, 0.1) is 0 Å². The lowest BCUT2D eigenvalue weighted by atomic mass is 10.0. The molecule has 0 aliphatic rings. The average Bonchev–Trinajstić information content (AvgIpc) is 2.69. The second kappa shape index (κ2) is 9.02. The Morgan fingerprint density at radius 2 is 1.27 bits per heavy atom. The molecule has 1 amide bonds. The number of carbonyl (C=O) groups is 2. The van der Waals surface area contributed by atoms with Crippen LogP contribution in [0.2, 0.25) is 0 Å². The number of benzene rings is 3. The highest BCUT2D eigenvalue weighted by molar-refractivity contribution is 8.00. The van der Waals surface area contributed by atoms with Gasteiger partial charge in [0.15, 0.2) is 5.78 Å². The van der Waals surface area contributed by atoms with E-state index in [4.69, 9.17) is 0 Å². The summed E-state index contributed by atoms with van der Waals surface area (Å²) in [5, 5.41) is 2.81. The van der Waals surface area contributed by atoms with E-state index < -0.39 is 0 Å². The maximum atomic E-state index is 12.3. The third-order valence-corrected chi connectivity index (χ3v) is 4.77. The highest BCUT2D eigenvalue weighted by Crippen LogP contribution is 2.20. The van der Waals surface area contributed by atoms with E-state index in [1.54, 1.807) is 0 Å². The highest BCUT2D eigenvalue weighted by Gasteiger charge is 2.09. The van der Waals surface area contributed by atoms with Crippen LogP contribution >= 0.6 is 11.8 Å². The molecule has 0 radical (unpaired) electrons. The van der Waals surface area contributed by atoms with Gasteiger partial charge in [-0.1, -0.05) is 72.8 Å². The number of hydrogen-bond donors (Lipinski definition) is 1. The Bertz CT molecular complexity index is 862. The van der Waals surface area contributed by atoms with E-state index in [0.29, 0.717) is 5.56 Å². The predicted molar refractivity (Wildman–Crippen MR) is 109 cm³/mol. The van der Waals surface area contributed by atoms with Crippen molar-refractivity contribution in [3.63, 3.8) is 0 Å². The van der Waals surface area contributed by atoms with Crippen molar-refractivity contribution in [1.29, 1.82) is 0 Å². The van der Waals surface area contributed by atoms with Gasteiger partial charge in [0, 0.05) is 11.3 Å². The summed E-state index contributed by atoms with van der Waals surface area (Å²) in [5.41, 5.74) is 3.64. The summed E-state index contributed by atoms with van der Waals surface area (Å²) in [7, 11) is 0. The molecular weight excluding hydrogens is 342 g/mol. The SMILES string of the molecule is O=C(CSCC(=O)c1ccc(-c2ccccc2)cc1)Nc1ccccc1. The molecule has 0 unspecified atom stereocenters. The predicted octanol–water partition coefficient (Wildman–Crippen LogP) is 4.91. The fraction of sp³-hybridized carbons (Fsp3) is 0.0909. The Kier molecular flexibility index (Phi) is 6.23. The van der Waals surface area contributed by atoms with Gasteiger partial charge in [-0.25, -0.2) is 0 Å². The molecule has 0 aliphatic heterocycles. The molecular formula is C22H19NO2S. The molecule has 0 saturated heterocycles. The first-order valence-corrected chi connectivity index (χ1v) is 9.49. The molecule has 3 rings (SSSR count). The van der Waals surface area contributed by atoms with Gasteiger partial charge >= 0.3 is 0 Å². The number of hydrogen-bond acceptors (Lipinski definition) is 3. The van der Waals surface area contributed by atoms with Crippen LogP contribution in [0.15, 0.2) is 84.9 Å². The number of ketones is 1. The van der Waals surface area contributed by atoms with Crippen molar-refractivity contribution in [3.8, 4) is 11.1 Å². The second-order valence-electron chi connectivity index (χ2n) is 5.77. The summed E-state index contributed by atoms with van der Waals surface area (Å²) >= 11 is 1.32. The minimum atomic E-state index is -0.103. The van der Waals surface area contributed by atoms with Gasteiger partial charge in [-0.15, -0.1) is 11.8 Å². The molecule has 0 atom stereocenters. The third-order valence-electron chi connectivity index (χ3n) is 3.84. The van der Waals surface area contributed by atoms with Crippen LogP contribution in [0.5, 0.6) is 0 Å². The maximum Gasteiger partial charge on any atom is 0.234 e. The molecule has 0 heterocycles. The fourth-order valence-electron chi connectivity index (χ4n) is 2.52. The minimum absolute atomic E-state index is 0.0297. The van der Waals surface area contributed by atoms with Crippen molar-refractivity contribution in [3.05, 3.63) is 90.5 Å². The lowest BCUT2D eigenvalue weighted by molar-refractivity contribution is -0.113. The van der Waals surface area contributed by atoms with Crippen LogP contribution in [0.1, 0.15) is 10.4 Å². The molecule has 3 aromatic rings. The first-order chi connectivity index (χ1) is 12.7. The molecule has 0 aliphatic carbocycles. The second-order valence-corrected chi connectivity index (χ2v) is 6.76. The van der Waals surface area contributed by atoms with E-state index in [-0.39, 0.29) is 23.2 Å². The van der Waals surface area contributed by atoms with E-state index in [0.717, 1.165) is 16.8 Å². The van der Waals surface area contributed by atoms with Gasteiger partial charge in [-0.3, -0.25) is 9.59 Å². The lowest BCUT2D eigenvalue weighted by Crippen LogP contribution is -2.15. The van der Waals surface area contributed by atoms with Crippen LogP contribution in [-0.2, 0) is 4.79 Å². The Morgan fingerprint density at radius 3 is 1.92 bits per heavy atom. The van der Waals surface area contributed by atoms with Gasteiger partial charge in [0.05, 0.1) is 11.5 Å². The van der Waals surface area contributed by atoms with E-state index in [9.17, 15) is 9.59 Å². The first kappa shape index (κ1) is 18.0. The molecule has 130 valence electrons.